The van der Waals surface area contributed by atoms with Crippen LogP contribution in [0.5, 0.6) is 0 Å². The second-order valence-corrected chi connectivity index (χ2v) is 4.88. The average molecular weight is 270 g/mol. The van der Waals surface area contributed by atoms with Crippen molar-refractivity contribution < 1.29 is 9.21 Å². The summed E-state index contributed by atoms with van der Waals surface area (Å²) in [4.78, 5) is 21.3. The Kier molecular flexibility index (Phi) is 2.97. The Morgan fingerprint density at radius 2 is 2.16 bits per heavy atom. The van der Waals surface area contributed by atoms with E-state index in [9.17, 15) is 4.79 Å². The molecule has 0 saturated heterocycles. The summed E-state index contributed by atoms with van der Waals surface area (Å²) >= 11 is 1.31. The Balaban J connectivity index is 2.01. The number of carbonyl (C=O) groups is 1. The zero-order valence-corrected chi connectivity index (χ0v) is 11.0. The van der Waals surface area contributed by atoms with Crippen molar-refractivity contribution in [3.8, 4) is 11.5 Å². The van der Waals surface area contributed by atoms with Crippen molar-refractivity contribution in [3.05, 3.63) is 58.4 Å². The summed E-state index contributed by atoms with van der Waals surface area (Å²) in [5, 5.41) is 0. The minimum absolute atomic E-state index is 0.0820. The molecule has 3 aromatic heterocycles. The highest BCUT2D eigenvalue weighted by molar-refractivity contribution is 7.12. The molecule has 19 heavy (non-hydrogen) atoms. The van der Waals surface area contributed by atoms with E-state index in [1.807, 2.05) is 13.0 Å². The third-order valence-electron chi connectivity index (χ3n) is 2.70. The summed E-state index contributed by atoms with van der Waals surface area (Å²) < 4.78 is 5.30. The van der Waals surface area contributed by atoms with Crippen molar-refractivity contribution in [2.45, 2.75) is 6.92 Å². The van der Waals surface area contributed by atoms with Crippen molar-refractivity contribution in [2.24, 2.45) is 0 Å². The number of pyridine rings is 1. The normalized spacial score (nSPS) is 10.6. The molecule has 0 amide bonds. The van der Waals surface area contributed by atoms with Crippen LogP contribution in [0.25, 0.3) is 11.5 Å². The third-order valence-corrected chi connectivity index (χ3v) is 3.53. The Hall–Kier alpha value is -2.27. The van der Waals surface area contributed by atoms with Gasteiger partial charge in [-0.05, 0) is 31.2 Å². The summed E-state index contributed by atoms with van der Waals surface area (Å²) in [6.07, 6.45) is 3.15. The number of rotatable bonds is 3. The number of aromatic nitrogens is 2. The van der Waals surface area contributed by atoms with Gasteiger partial charge in [-0.3, -0.25) is 9.78 Å². The van der Waals surface area contributed by atoms with Gasteiger partial charge in [0, 0.05) is 17.5 Å². The van der Waals surface area contributed by atoms with Crippen LogP contribution in [-0.4, -0.2) is 15.8 Å². The monoisotopic (exact) mass is 270 g/mol. The number of thiazole rings is 1. The molecule has 3 aromatic rings. The first-order valence-electron chi connectivity index (χ1n) is 5.70. The maximum atomic E-state index is 12.4. The van der Waals surface area contributed by atoms with Gasteiger partial charge in [0.25, 0.3) is 0 Å². The van der Waals surface area contributed by atoms with E-state index in [-0.39, 0.29) is 5.78 Å². The summed E-state index contributed by atoms with van der Waals surface area (Å²) in [5.41, 5.74) is 3.67. The summed E-state index contributed by atoms with van der Waals surface area (Å²) in [6, 6.07) is 7.16. The third kappa shape index (κ3) is 2.20. The maximum absolute atomic E-state index is 12.4. The Bertz CT molecular complexity index is 699. The fourth-order valence-electron chi connectivity index (χ4n) is 1.73. The lowest BCUT2D eigenvalue weighted by molar-refractivity contribution is 0.104. The molecule has 3 heterocycles. The Labute approximate surface area is 113 Å². The van der Waals surface area contributed by atoms with Crippen LogP contribution in [0.15, 0.2) is 46.7 Å². The minimum atomic E-state index is -0.0820. The van der Waals surface area contributed by atoms with Crippen LogP contribution in [0.3, 0.4) is 0 Å². The average Bonchev–Trinajstić information content (AvgIpc) is 3.09. The van der Waals surface area contributed by atoms with E-state index in [4.69, 9.17) is 4.42 Å². The largest absolute Gasteiger partial charge is 0.463 e. The van der Waals surface area contributed by atoms with Gasteiger partial charge < -0.3 is 4.42 Å². The molecule has 0 aromatic carbocycles. The molecular formula is C14H10N2O2S. The Morgan fingerprint density at radius 3 is 2.84 bits per heavy atom. The van der Waals surface area contributed by atoms with E-state index < -0.39 is 0 Å². The molecule has 0 unspecified atom stereocenters. The van der Waals surface area contributed by atoms with E-state index in [0.717, 1.165) is 5.69 Å². The van der Waals surface area contributed by atoms with E-state index >= 15 is 0 Å². The van der Waals surface area contributed by atoms with Crippen LogP contribution in [-0.2, 0) is 0 Å². The molecule has 0 saturated carbocycles. The number of ketones is 1. The van der Waals surface area contributed by atoms with Gasteiger partial charge in [-0.1, -0.05) is 0 Å². The van der Waals surface area contributed by atoms with Crippen LogP contribution in [0.2, 0.25) is 0 Å². The first kappa shape index (κ1) is 11.8. The van der Waals surface area contributed by atoms with Gasteiger partial charge in [-0.15, -0.1) is 11.3 Å². The SMILES string of the molecule is Cc1ccc(C(=O)c2scnc2-c2ccco2)cn1. The van der Waals surface area contributed by atoms with Gasteiger partial charge in [0.1, 0.15) is 10.6 Å². The van der Waals surface area contributed by atoms with Crippen LogP contribution in [0, 0.1) is 6.92 Å². The Morgan fingerprint density at radius 1 is 1.26 bits per heavy atom. The molecule has 0 bridgehead atoms. The van der Waals surface area contributed by atoms with Crippen LogP contribution in [0.1, 0.15) is 20.9 Å². The minimum Gasteiger partial charge on any atom is -0.463 e. The summed E-state index contributed by atoms with van der Waals surface area (Å²) in [6.45, 7) is 1.88. The highest BCUT2D eigenvalue weighted by Gasteiger charge is 2.19. The fraction of sp³-hybridized carbons (Fsp3) is 0.0714. The number of hydrogen-bond acceptors (Lipinski definition) is 5. The number of nitrogens with zero attached hydrogens (tertiary/aromatic N) is 2. The van der Waals surface area contributed by atoms with Crippen LogP contribution < -0.4 is 0 Å². The molecule has 0 radical (unpaired) electrons. The molecule has 4 nitrogen and oxygen atoms in total. The summed E-state index contributed by atoms with van der Waals surface area (Å²) in [7, 11) is 0. The predicted molar refractivity (Wildman–Crippen MR) is 72.2 cm³/mol. The van der Waals surface area contributed by atoms with Gasteiger partial charge in [0.15, 0.2) is 5.76 Å². The van der Waals surface area contributed by atoms with Crippen molar-refractivity contribution in [2.75, 3.05) is 0 Å². The highest BCUT2D eigenvalue weighted by Crippen LogP contribution is 2.27. The standard InChI is InChI=1S/C14H10N2O2S/c1-9-4-5-10(7-15-9)13(17)14-12(16-8-19-14)11-3-2-6-18-11/h2-8H,1H3. The van der Waals surface area contributed by atoms with Crippen molar-refractivity contribution in [3.63, 3.8) is 0 Å². The number of aryl methyl sites for hydroxylation is 1. The molecule has 5 heteroatoms. The van der Waals surface area contributed by atoms with Crippen LogP contribution in [0.4, 0.5) is 0 Å². The molecule has 0 aliphatic rings. The maximum Gasteiger partial charge on any atom is 0.206 e. The van der Waals surface area contributed by atoms with Gasteiger partial charge in [-0.2, -0.15) is 0 Å². The lowest BCUT2D eigenvalue weighted by Crippen LogP contribution is -2.01. The molecule has 0 fully saturated rings. The van der Waals surface area contributed by atoms with Crippen molar-refractivity contribution in [1.82, 2.24) is 9.97 Å². The van der Waals surface area contributed by atoms with Gasteiger partial charge in [0.2, 0.25) is 5.78 Å². The molecule has 94 valence electrons. The fourth-order valence-corrected chi connectivity index (χ4v) is 2.48. The quantitative estimate of drug-likeness (QED) is 0.685. The molecule has 0 spiro atoms. The predicted octanol–water partition coefficient (Wildman–Crippen LogP) is 3.34. The second-order valence-electron chi connectivity index (χ2n) is 4.02. The molecular weight excluding hydrogens is 260 g/mol. The first-order chi connectivity index (χ1) is 9.25. The number of hydrogen-bond donors (Lipinski definition) is 0. The molecule has 0 N–H and O–H groups in total. The van der Waals surface area contributed by atoms with Gasteiger partial charge >= 0.3 is 0 Å². The zero-order chi connectivity index (χ0) is 13.2. The van der Waals surface area contributed by atoms with Gasteiger partial charge in [0.05, 0.1) is 11.8 Å². The van der Waals surface area contributed by atoms with E-state index in [0.29, 0.717) is 21.9 Å². The highest BCUT2D eigenvalue weighted by atomic mass is 32.1. The summed E-state index contributed by atoms with van der Waals surface area (Å²) in [5.74, 6) is 0.520. The number of furan rings is 1. The molecule has 3 rings (SSSR count). The van der Waals surface area contributed by atoms with Crippen molar-refractivity contribution in [1.29, 1.82) is 0 Å². The van der Waals surface area contributed by atoms with Gasteiger partial charge in [-0.25, -0.2) is 4.98 Å². The zero-order valence-electron chi connectivity index (χ0n) is 10.2. The van der Waals surface area contributed by atoms with E-state index in [1.165, 1.54) is 11.3 Å². The van der Waals surface area contributed by atoms with E-state index in [2.05, 4.69) is 9.97 Å². The molecule has 0 aliphatic carbocycles. The molecule has 0 atom stereocenters. The van der Waals surface area contributed by atoms with Crippen LogP contribution >= 0.6 is 11.3 Å². The smallest absolute Gasteiger partial charge is 0.206 e. The topological polar surface area (TPSA) is 56.0 Å². The lowest BCUT2D eigenvalue weighted by atomic mass is 10.1. The first-order valence-corrected chi connectivity index (χ1v) is 6.58. The molecule has 0 aliphatic heterocycles. The number of carbonyl (C=O) groups excluding carboxylic acids is 1. The van der Waals surface area contributed by atoms with E-state index in [1.54, 1.807) is 36.2 Å². The van der Waals surface area contributed by atoms with Crippen molar-refractivity contribution >= 4 is 17.1 Å². The lowest BCUT2D eigenvalue weighted by Gasteiger charge is -2.00. The second kappa shape index (κ2) is 4.78.